The highest BCUT2D eigenvalue weighted by Gasteiger charge is 2.36. The second-order valence-electron chi connectivity index (χ2n) is 5.04. The number of fused-ring (bicyclic) bond motifs is 1. The zero-order chi connectivity index (χ0) is 15.0. The lowest BCUT2D eigenvalue weighted by molar-refractivity contribution is -0.141. The van der Waals surface area contributed by atoms with Gasteiger partial charge in [-0.2, -0.15) is 4.31 Å². The van der Waals surface area contributed by atoms with Gasteiger partial charge in [0.05, 0.1) is 10.8 Å². The van der Waals surface area contributed by atoms with Crippen molar-refractivity contribution in [3.8, 4) is 0 Å². The van der Waals surface area contributed by atoms with E-state index in [0.717, 1.165) is 5.39 Å². The molecule has 0 bridgehead atoms. The molecule has 2 aromatic rings. The molecule has 1 fully saturated rings. The molecule has 1 saturated heterocycles. The summed E-state index contributed by atoms with van der Waals surface area (Å²) >= 11 is 0. The van der Waals surface area contributed by atoms with Gasteiger partial charge in [0.15, 0.2) is 0 Å². The van der Waals surface area contributed by atoms with Crippen molar-refractivity contribution >= 4 is 26.8 Å². The first-order valence-electron chi connectivity index (χ1n) is 6.56. The van der Waals surface area contributed by atoms with Crippen LogP contribution in [0, 0.1) is 5.92 Å². The summed E-state index contributed by atoms with van der Waals surface area (Å²) in [7, 11) is -3.69. The van der Waals surface area contributed by atoms with Crippen LogP contribution >= 0.6 is 0 Å². The summed E-state index contributed by atoms with van der Waals surface area (Å²) < 4.78 is 26.7. The van der Waals surface area contributed by atoms with Crippen molar-refractivity contribution in [1.29, 1.82) is 0 Å². The normalized spacial score (nSPS) is 19.9. The number of pyridine rings is 1. The summed E-state index contributed by atoms with van der Waals surface area (Å²) in [5, 5.41) is 10.4. The van der Waals surface area contributed by atoms with Crippen molar-refractivity contribution in [2.75, 3.05) is 13.1 Å². The van der Waals surface area contributed by atoms with Crippen molar-refractivity contribution in [3.05, 3.63) is 36.7 Å². The van der Waals surface area contributed by atoms with Gasteiger partial charge < -0.3 is 5.11 Å². The summed E-state index contributed by atoms with van der Waals surface area (Å²) in [6.45, 7) is 0.264. The van der Waals surface area contributed by atoms with Gasteiger partial charge in [0.2, 0.25) is 10.0 Å². The lowest BCUT2D eigenvalue weighted by Gasteiger charge is -2.17. The second-order valence-corrected chi connectivity index (χ2v) is 6.95. The van der Waals surface area contributed by atoms with Crippen LogP contribution in [0.1, 0.15) is 6.42 Å². The maximum atomic E-state index is 12.7. The average molecular weight is 306 g/mol. The van der Waals surface area contributed by atoms with E-state index in [2.05, 4.69) is 4.98 Å². The predicted molar refractivity (Wildman–Crippen MR) is 76.2 cm³/mol. The van der Waals surface area contributed by atoms with Gasteiger partial charge in [-0.25, -0.2) is 8.42 Å². The molecule has 0 spiro atoms. The number of carboxylic acids is 1. The highest BCUT2D eigenvalue weighted by Crippen LogP contribution is 2.29. The Labute approximate surface area is 122 Å². The van der Waals surface area contributed by atoms with E-state index in [1.807, 2.05) is 0 Å². The van der Waals surface area contributed by atoms with Gasteiger partial charge in [-0.15, -0.1) is 0 Å². The lowest BCUT2D eigenvalue weighted by Crippen LogP contribution is -2.30. The Morgan fingerprint density at radius 3 is 2.86 bits per heavy atom. The maximum Gasteiger partial charge on any atom is 0.307 e. The Hall–Kier alpha value is -1.99. The fraction of sp³-hybridized carbons (Fsp3) is 0.286. The SMILES string of the molecule is O=C(O)C1CCN(S(=O)(=O)c2cccc3cnccc23)C1. The van der Waals surface area contributed by atoms with Gasteiger partial charge in [-0.1, -0.05) is 12.1 Å². The average Bonchev–Trinajstić information content (AvgIpc) is 2.97. The van der Waals surface area contributed by atoms with Crippen molar-refractivity contribution < 1.29 is 18.3 Å². The van der Waals surface area contributed by atoms with E-state index in [-0.39, 0.29) is 18.0 Å². The van der Waals surface area contributed by atoms with Gasteiger partial charge in [0.1, 0.15) is 0 Å². The van der Waals surface area contributed by atoms with Crippen LogP contribution < -0.4 is 0 Å². The fourth-order valence-electron chi connectivity index (χ4n) is 2.60. The molecule has 1 unspecified atom stereocenters. The van der Waals surface area contributed by atoms with E-state index in [1.54, 1.807) is 36.7 Å². The Morgan fingerprint density at radius 1 is 1.33 bits per heavy atom. The van der Waals surface area contributed by atoms with Crippen LogP contribution in [-0.2, 0) is 14.8 Å². The molecule has 21 heavy (non-hydrogen) atoms. The molecular weight excluding hydrogens is 292 g/mol. The molecular formula is C14H14N2O4S. The van der Waals surface area contributed by atoms with Gasteiger partial charge in [0.25, 0.3) is 0 Å². The molecule has 0 saturated carbocycles. The van der Waals surface area contributed by atoms with E-state index in [1.165, 1.54) is 4.31 Å². The van der Waals surface area contributed by atoms with Crippen molar-refractivity contribution in [3.63, 3.8) is 0 Å². The maximum absolute atomic E-state index is 12.7. The minimum atomic E-state index is -3.69. The molecule has 2 heterocycles. The number of aliphatic carboxylic acids is 1. The smallest absolute Gasteiger partial charge is 0.307 e. The van der Waals surface area contributed by atoms with Crippen molar-refractivity contribution in [2.24, 2.45) is 5.92 Å². The quantitative estimate of drug-likeness (QED) is 0.924. The van der Waals surface area contributed by atoms with E-state index in [0.29, 0.717) is 11.8 Å². The Kier molecular flexibility index (Phi) is 3.38. The summed E-state index contributed by atoms with van der Waals surface area (Å²) in [6, 6.07) is 6.67. The molecule has 1 atom stereocenters. The van der Waals surface area contributed by atoms with E-state index >= 15 is 0 Å². The Morgan fingerprint density at radius 2 is 2.14 bits per heavy atom. The molecule has 0 radical (unpaired) electrons. The highest BCUT2D eigenvalue weighted by molar-refractivity contribution is 7.89. The van der Waals surface area contributed by atoms with Crippen LogP contribution in [0.5, 0.6) is 0 Å². The molecule has 1 N–H and O–H groups in total. The van der Waals surface area contributed by atoms with Gasteiger partial charge in [0, 0.05) is 36.3 Å². The van der Waals surface area contributed by atoms with E-state index in [4.69, 9.17) is 5.11 Å². The number of hydrogen-bond donors (Lipinski definition) is 1. The van der Waals surface area contributed by atoms with Gasteiger partial charge in [-0.3, -0.25) is 9.78 Å². The third kappa shape index (κ3) is 2.38. The summed E-state index contributed by atoms with van der Waals surface area (Å²) in [4.78, 5) is 15.2. The summed E-state index contributed by atoms with van der Waals surface area (Å²) in [6.07, 6.45) is 3.50. The molecule has 1 aliphatic heterocycles. The number of hydrogen-bond acceptors (Lipinski definition) is 4. The van der Waals surface area contributed by atoms with Crippen LogP contribution in [0.2, 0.25) is 0 Å². The third-order valence-electron chi connectivity index (χ3n) is 3.76. The van der Waals surface area contributed by atoms with Gasteiger partial charge in [-0.05, 0) is 18.6 Å². The zero-order valence-corrected chi connectivity index (χ0v) is 12.0. The summed E-state index contributed by atoms with van der Waals surface area (Å²) in [5.74, 6) is -1.58. The molecule has 0 amide bonds. The van der Waals surface area contributed by atoms with Crippen molar-refractivity contribution in [1.82, 2.24) is 9.29 Å². The van der Waals surface area contributed by atoms with Crippen LogP contribution in [0.25, 0.3) is 10.8 Å². The monoisotopic (exact) mass is 306 g/mol. The van der Waals surface area contributed by atoms with E-state index in [9.17, 15) is 13.2 Å². The highest BCUT2D eigenvalue weighted by atomic mass is 32.2. The molecule has 7 heteroatoms. The van der Waals surface area contributed by atoms with Gasteiger partial charge >= 0.3 is 5.97 Å². The molecule has 1 aromatic heterocycles. The molecule has 6 nitrogen and oxygen atoms in total. The third-order valence-corrected chi connectivity index (χ3v) is 5.68. The summed E-state index contributed by atoms with van der Waals surface area (Å²) in [5.41, 5.74) is 0. The molecule has 1 aliphatic rings. The van der Waals surface area contributed by atoms with Crippen LogP contribution in [0.3, 0.4) is 0 Å². The Balaban J connectivity index is 2.04. The molecule has 110 valence electrons. The number of nitrogens with zero attached hydrogens (tertiary/aromatic N) is 2. The minimum Gasteiger partial charge on any atom is -0.481 e. The van der Waals surface area contributed by atoms with E-state index < -0.39 is 21.9 Å². The lowest BCUT2D eigenvalue weighted by atomic mass is 10.1. The largest absolute Gasteiger partial charge is 0.481 e. The van der Waals surface area contributed by atoms with Crippen LogP contribution in [0.4, 0.5) is 0 Å². The van der Waals surface area contributed by atoms with Crippen LogP contribution in [0.15, 0.2) is 41.6 Å². The predicted octanol–water partition coefficient (Wildman–Crippen LogP) is 1.33. The van der Waals surface area contributed by atoms with Crippen LogP contribution in [-0.4, -0.2) is 41.9 Å². The number of rotatable bonds is 3. The molecule has 3 rings (SSSR count). The number of aromatic nitrogens is 1. The first-order valence-corrected chi connectivity index (χ1v) is 8.00. The minimum absolute atomic E-state index is 0.0269. The first-order chi connectivity index (χ1) is 10.00. The molecule has 0 aliphatic carbocycles. The number of carboxylic acid groups (broad SMARTS) is 1. The standard InChI is InChI=1S/C14H14N2O4S/c17-14(18)11-5-7-16(9-11)21(19,20)13-3-1-2-10-8-15-6-4-12(10)13/h1-4,6,8,11H,5,7,9H2,(H,17,18). The fourth-order valence-corrected chi connectivity index (χ4v) is 4.32. The topological polar surface area (TPSA) is 87.6 Å². The van der Waals surface area contributed by atoms with Crippen molar-refractivity contribution in [2.45, 2.75) is 11.3 Å². The zero-order valence-electron chi connectivity index (χ0n) is 11.1. The Bertz CT molecular complexity index is 798. The molecule has 1 aromatic carbocycles. The first kappa shape index (κ1) is 14.0. The number of carbonyl (C=O) groups is 1. The number of benzene rings is 1. The second kappa shape index (κ2) is 5.09. The number of sulfonamides is 1.